The van der Waals surface area contributed by atoms with Gasteiger partial charge in [0.25, 0.3) is 5.91 Å². The molecule has 2 bridgehead atoms. The summed E-state index contributed by atoms with van der Waals surface area (Å²) in [6, 6.07) is 5.31. The van der Waals surface area contributed by atoms with Gasteiger partial charge in [-0.1, -0.05) is 6.07 Å². The Balaban J connectivity index is 1.89. The quantitative estimate of drug-likeness (QED) is 0.590. The molecule has 0 aliphatic carbocycles. The number of nitrogens with one attached hydrogen (secondary N) is 1. The molecule has 2 heterocycles. The van der Waals surface area contributed by atoms with Gasteiger partial charge >= 0.3 is 0 Å². The Bertz CT molecular complexity index is 875. The van der Waals surface area contributed by atoms with Crippen LogP contribution in [-0.2, 0) is 14.4 Å². The van der Waals surface area contributed by atoms with Gasteiger partial charge in [0, 0.05) is 45.7 Å². The second-order valence-corrected chi connectivity index (χ2v) is 8.16. The Morgan fingerprint density at radius 2 is 1.90 bits per heavy atom. The number of rotatable bonds is 1. The van der Waals surface area contributed by atoms with Crippen LogP contribution in [0.15, 0.2) is 24.3 Å². The van der Waals surface area contributed by atoms with Crippen molar-refractivity contribution < 1.29 is 23.9 Å². The van der Waals surface area contributed by atoms with Gasteiger partial charge in [-0.3, -0.25) is 19.2 Å². The molecular formula is C21H29N5O5. The van der Waals surface area contributed by atoms with E-state index in [9.17, 15) is 19.2 Å². The second kappa shape index (κ2) is 9.34. The van der Waals surface area contributed by atoms with E-state index in [-0.39, 0.29) is 49.5 Å². The van der Waals surface area contributed by atoms with E-state index in [0.29, 0.717) is 24.3 Å². The van der Waals surface area contributed by atoms with Gasteiger partial charge < -0.3 is 30.5 Å². The summed E-state index contributed by atoms with van der Waals surface area (Å²) in [6.45, 7) is 1.83. The molecule has 1 aromatic carbocycles. The molecule has 2 aliphatic heterocycles. The first-order valence-corrected chi connectivity index (χ1v) is 10.2. The molecule has 1 fully saturated rings. The molecule has 3 atom stereocenters. The highest BCUT2D eigenvalue weighted by molar-refractivity contribution is 5.95. The summed E-state index contributed by atoms with van der Waals surface area (Å²) in [7, 11) is 3.08. The van der Waals surface area contributed by atoms with E-state index in [1.54, 1.807) is 36.2 Å². The number of amides is 4. The molecule has 1 aromatic rings. The fraction of sp³-hybridized carbons (Fsp3) is 0.524. The number of nitrogens with zero attached hydrogens (tertiary/aromatic N) is 3. The van der Waals surface area contributed by atoms with Gasteiger partial charge in [0.1, 0.15) is 18.4 Å². The number of carbonyl (C=O) groups is 4. The van der Waals surface area contributed by atoms with Gasteiger partial charge in [0.15, 0.2) is 0 Å². The first-order chi connectivity index (χ1) is 14.7. The van der Waals surface area contributed by atoms with Crippen LogP contribution in [0.4, 0.5) is 0 Å². The van der Waals surface area contributed by atoms with Crippen LogP contribution in [0.5, 0.6) is 5.75 Å². The Labute approximate surface area is 181 Å². The standard InChI is InChI=1S/C21H29N5O5/c1-13(27)23-15-8-16-12-31-17-6-4-5-14(7-17)20(29)24(2)10-18(22)21(30)25(3)11-19(28)26(16)9-15/h4-7,15-16,18H,8-12,22H2,1-3H3,(H,23,27)/t15-,16-,18-/m0/s1. The first kappa shape index (κ1) is 22.5. The van der Waals surface area contributed by atoms with E-state index in [1.807, 2.05) is 0 Å². The van der Waals surface area contributed by atoms with Gasteiger partial charge in [-0.25, -0.2) is 0 Å². The molecule has 1 saturated heterocycles. The van der Waals surface area contributed by atoms with Crippen molar-refractivity contribution in [2.24, 2.45) is 5.73 Å². The Hall–Kier alpha value is -3.14. The first-order valence-electron chi connectivity index (χ1n) is 10.2. The number of hydrogen-bond donors (Lipinski definition) is 2. The van der Waals surface area contributed by atoms with E-state index in [4.69, 9.17) is 10.5 Å². The molecule has 0 saturated carbocycles. The van der Waals surface area contributed by atoms with Crippen LogP contribution in [0.25, 0.3) is 0 Å². The predicted molar refractivity (Wildman–Crippen MR) is 112 cm³/mol. The summed E-state index contributed by atoms with van der Waals surface area (Å²) in [5.74, 6) is -0.633. The van der Waals surface area contributed by atoms with Crippen LogP contribution in [0.2, 0.25) is 0 Å². The maximum atomic E-state index is 13.0. The predicted octanol–water partition coefficient (Wildman–Crippen LogP) is -0.958. The number of nitrogens with two attached hydrogens (primary N) is 1. The van der Waals surface area contributed by atoms with Crippen molar-refractivity contribution in [1.82, 2.24) is 20.0 Å². The van der Waals surface area contributed by atoms with Crippen LogP contribution in [0.3, 0.4) is 0 Å². The van der Waals surface area contributed by atoms with Crippen LogP contribution < -0.4 is 15.8 Å². The minimum atomic E-state index is -0.960. The Morgan fingerprint density at radius 3 is 2.61 bits per heavy atom. The highest BCUT2D eigenvalue weighted by Crippen LogP contribution is 2.22. The third-order valence-corrected chi connectivity index (χ3v) is 5.55. The average molecular weight is 431 g/mol. The lowest BCUT2D eigenvalue weighted by Gasteiger charge is -2.28. The molecule has 10 nitrogen and oxygen atoms in total. The van der Waals surface area contributed by atoms with Crippen molar-refractivity contribution >= 4 is 23.6 Å². The van der Waals surface area contributed by atoms with E-state index < -0.39 is 11.9 Å². The highest BCUT2D eigenvalue weighted by Gasteiger charge is 2.37. The van der Waals surface area contributed by atoms with Crippen molar-refractivity contribution in [2.75, 3.05) is 40.3 Å². The summed E-state index contributed by atoms with van der Waals surface area (Å²) in [5.41, 5.74) is 6.44. The molecular weight excluding hydrogens is 402 g/mol. The largest absolute Gasteiger partial charge is 0.491 e. The van der Waals surface area contributed by atoms with Gasteiger partial charge in [0.2, 0.25) is 17.7 Å². The summed E-state index contributed by atoms with van der Waals surface area (Å²) >= 11 is 0. The monoisotopic (exact) mass is 431 g/mol. The fourth-order valence-electron chi connectivity index (χ4n) is 4.01. The molecule has 0 aromatic heterocycles. The summed E-state index contributed by atoms with van der Waals surface area (Å²) in [4.78, 5) is 54.2. The molecule has 3 rings (SSSR count). The van der Waals surface area contributed by atoms with Gasteiger partial charge in [0.05, 0.1) is 12.6 Å². The molecule has 2 aliphatic rings. The maximum Gasteiger partial charge on any atom is 0.253 e. The SMILES string of the molecule is CC(=O)N[C@H]1C[C@H]2COc3cccc(c3)C(=O)N(C)C[C@H](N)C(=O)N(C)CC(=O)N2C1. The average Bonchev–Trinajstić information content (AvgIpc) is 3.12. The zero-order valence-electron chi connectivity index (χ0n) is 18.0. The van der Waals surface area contributed by atoms with E-state index in [1.165, 1.54) is 23.8 Å². The van der Waals surface area contributed by atoms with Crippen LogP contribution in [0.1, 0.15) is 23.7 Å². The third kappa shape index (κ3) is 5.32. The molecule has 4 amide bonds. The number of hydrogen-bond acceptors (Lipinski definition) is 6. The molecule has 168 valence electrons. The third-order valence-electron chi connectivity index (χ3n) is 5.55. The zero-order valence-corrected chi connectivity index (χ0v) is 18.0. The molecule has 31 heavy (non-hydrogen) atoms. The number of ether oxygens (including phenoxy) is 1. The maximum absolute atomic E-state index is 13.0. The highest BCUT2D eigenvalue weighted by atomic mass is 16.5. The van der Waals surface area contributed by atoms with Crippen molar-refractivity contribution in [3.05, 3.63) is 29.8 Å². The van der Waals surface area contributed by atoms with Crippen molar-refractivity contribution in [2.45, 2.75) is 31.5 Å². The van der Waals surface area contributed by atoms with Crippen LogP contribution >= 0.6 is 0 Å². The van der Waals surface area contributed by atoms with E-state index in [2.05, 4.69) is 5.32 Å². The lowest BCUT2D eigenvalue weighted by molar-refractivity contribution is -0.141. The molecule has 10 heteroatoms. The van der Waals surface area contributed by atoms with Crippen molar-refractivity contribution in [1.29, 1.82) is 0 Å². The van der Waals surface area contributed by atoms with Gasteiger partial charge in [-0.15, -0.1) is 0 Å². The van der Waals surface area contributed by atoms with Crippen LogP contribution in [-0.4, -0.2) is 96.8 Å². The number of carbonyl (C=O) groups excluding carboxylic acids is 4. The molecule has 0 unspecified atom stereocenters. The Kier molecular flexibility index (Phi) is 6.79. The normalized spacial score (nSPS) is 25.5. The van der Waals surface area contributed by atoms with Crippen molar-refractivity contribution in [3.8, 4) is 5.75 Å². The Morgan fingerprint density at radius 1 is 1.16 bits per heavy atom. The lowest BCUT2D eigenvalue weighted by Crippen LogP contribution is -2.52. The summed E-state index contributed by atoms with van der Waals surface area (Å²) in [5, 5.41) is 2.85. The molecule has 0 radical (unpaired) electrons. The van der Waals surface area contributed by atoms with Gasteiger partial charge in [-0.05, 0) is 24.6 Å². The number of fused-ring (bicyclic) bond motifs is 3. The number of benzene rings is 1. The fourth-order valence-corrected chi connectivity index (χ4v) is 4.01. The molecule has 0 spiro atoms. The van der Waals surface area contributed by atoms with Crippen molar-refractivity contribution in [3.63, 3.8) is 0 Å². The molecule has 3 N–H and O–H groups in total. The number of likely N-dealkylation sites (N-methyl/N-ethyl adjacent to an activating group) is 2. The van der Waals surface area contributed by atoms with E-state index in [0.717, 1.165) is 0 Å². The summed E-state index contributed by atoms with van der Waals surface area (Å²) in [6.07, 6.45) is 0.532. The smallest absolute Gasteiger partial charge is 0.253 e. The van der Waals surface area contributed by atoms with Gasteiger partial charge in [-0.2, -0.15) is 0 Å². The summed E-state index contributed by atoms with van der Waals surface area (Å²) < 4.78 is 5.91. The van der Waals surface area contributed by atoms with Crippen LogP contribution in [0, 0.1) is 0 Å². The second-order valence-electron chi connectivity index (χ2n) is 8.16. The zero-order chi connectivity index (χ0) is 22.7. The minimum absolute atomic E-state index is 0.0121. The van der Waals surface area contributed by atoms with E-state index >= 15 is 0 Å². The lowest BCUT2D eigenvalue weighted by atomic mass is 10.1. The minimum Gasteiger partial charge on any atom is -0.491 e. The topological polar surface area (TPSA) is 125 Å².